The Balaban J connectivity index is 1.88. The van der Waals surface area contributed by atoms with E-state index >= 15 is 0 Å². The number of aliphatic carboxylic acids is 1. The van der Waals surface area contributed by atoms with E-state index in [1.54, 1.807) is 32.9 Å². The second-order valence-corrected chi connectivity index (χ2v) is 13.3. The van der Waals surface area contributed by atoms with Gasteiger partial charge in [0.05, 0.1) is 16.5 Å². The van der Waals surface area contributed by atoms with Crippen molar-refractivity contribution in [2.24, 2.45) is 0 Å². The molecule has 218 valence electrons. The lowest BCUT2D eigenvalue weighted by Crippen LogP contribution is -2.50. The van der Waals surface area contributed by atoms with Gasteiger partial charge in [0.1, 0.15) is 17.4 Å². The van der Waals surface area contributed by atoms with E-state index in [0.29, 0.717) is 12.0 Å². The van der Waals surface area contributed by atoms with Crippen molar-refractivity contribution in [1.82, 2.24) is 9.79 Å². The number of halogens is 2. The van der Waals surface area contributed by atoms with Crippen LogP contribution in [0.15, 0.2) is 59.4 Å². The zero-order valence-electron chi connectivity index (χ0n) is 22.5. The van der Waals surface area contributed by atoms with Crippen LogP contribution in [0.2, 0.25) is 10.0 Å². The Morgan fingerprint density at radius 3 is 2.30 bits per heavy atom. The number of hydrogen-bond donors (Lipinski definition) is 3. The number of hydrogen-bond acceptors (Lipinski definition) is 8. The number of hydroxylamine groups is 1. The maximum absolute atomic E-state index is 13.6. The Hall–Kier alpha value is -2.83. The number of nitrogens with one attached hydrogen (secondary N) is 1. The molecule has 2 atom stereocenters. The predicted octanol–water partition coefficient (Wildman–Crippen LogP) is 4.68. The number of aromatic hydroxyl groups is 1. The number of ether oxygens (including phenoxy) is 1. The summed E-state index contributed by atoms with van der Waals surface area (Å²) < 4.78 is 34.0. The highest BCUT2D eigenvalue weighted by Crippen LogP contribution is 2.37. The van der Waals surface area contributed by atoms with Gasteiger partial charge in [-0.05, 0) is 76.4 Å². The molecule has 1 heterocycles. The molecular formula is C27H32Cl2N2O8S. The first-order valence-electron chi connectivity index (χ1n) is 12.4. The molecule has 2 aromatic carbocycles. The summed E-state index contributed by atoms with van der Waals surface area (Å²) >= 11 is 12.1. The van der Waals surface area contributed by atoms with Crippen molar-refractivity contribution in [3.63, 3.8) is 0 Å². The fraction of sp³-hybridized carbons (Fsp3) is 0.407. The molecular weight excluding hydrogens is 583 g/mol. The van der Waals surface area contributed by atoms with Gasteiger partial charge in [-0.25, -0.2) is 8.42 Å². The van der Waals surface area contributed by atoms with Gasteiger partial charge in [-0.3, -0.25) is 9.59 Å². The molecule has 0 aromatic heterocycles. The van der Waals surface area contributed by atoms with Crippen LogP contribution < -0.4 is 5.48 Å². The van der Waals surface area contributed by atoms with Crippen LogP contribution in [0.25, 0.3) is 0 Å². The first kappa shape index (κ1) is 31.7. The average molecular weight is 616 g/mol. The van der Waals surface area contributed by atoms with Gasteiger partial charge in [0.25, 0.3) is 0 Å². The molecule has 1 aliphatic heterocycles. The number of phenols is 1. The zero-order chi connectivity index (χ0) is 29.9. The maximum atomic E-state index is 13.6. The molecule has 40 heavy (non-hydrogen) atoms. The smallest absolute Gasteiger partial charge is 0.324 e. The van der Waals surface area contributed by atoms with Crippen molar-refractivity contribution in [2.45, 2.75) is 69.0 Å². The largest absolute Gasteiger partial charge is 0.508 e. The van der Waals surface area contributed by atoms with Crippen LogP contribution in [0.3, 0.4) is 0 Å². The molecule has 3 N–H and O–H groups in total. The SMILES string of the molecule is CC(C)(C)OC(=CC(=O)[C@]1(C)CCCN1S(=O)(=O)c1cc(Cl)cc(Cl)c1)ONC(Cc1ccc(O)cc1)C(=O)O. The number of sulfonamides is 1. The van der Waals surface area contributed by atoms with Gasteiger partial charge in [0, 0.05) is 23.0 Å². The highest BCUT2D eigenvalue weighted by molar-refractivity contribution is 7.89. The van der Waals surface area contributed by atoms with Crippen molar-refractivity contribution in [3.05, 3.63) is 70.1 Å². The minimum atomic E-state index is -4.16. The van der Waals surface area contributed by atoms with E-state index in [2.05, 4.69) is 5.48 Å². The van der Waals surface area contributed by atoms with E-state index in [-0.39, 0.29) is 46.0 Å². The van der Waals surface area contributed by atoms with Gasteiger partial charge in [0.2, 0.25) is 10.0 Å². The number of carboxylic acid groups (broad SMARTS) is 1. The number of rotatable bonds is 11. The number of carboxylic acids is 1. The zero-order valence-corrected chi connectivity index (χ0v) is 24.8. The molecule has 13 heteroatoms. The van der Waals surface area contributed by atoms with Crippen molar-refractivity contribution in [2.75, 3.05) is 6.54 Å². The molecule has 0 aliphatic carbocycles. The molecule has 10 nitrogen and oxygen atoms in total. The van der Waals surface area contributed by atoms with Crippen molar-refractivity contribution >= 4 is 45.0 Å². The van der Waals surface area contributed by atoms with Crippen LogP contribution in [0.4, 0.5) is 0 Å². The first-order valence-corrected chi connectivity index (χ1v) is 14.6. The normalized spacial score (nSPS) is 19.3. The number of benzene rings is 2. The number of nitrogens with zero attached hydrogens (tertiary/aromatic N) is 1. The van der Waals surface area contributed by atoms with Gasteiger partial charge in [-0.1, -0.05) is 35.3 Å². The van der Waals surface area contributed by atoms with E-state index in [9.17, 15) is 28.2 Å². The summed E-state index contributed by atoms with van der Waals surface area (Å²) in [5.41, 5.74) is 0.707. The summed E-state index contributed by atoms with van der Waals surface area (Å²) in [6.07, 6.45) is 1.67. The molecule has 0 saturated carbocycles. The van der Waals surface area contributed by atoms with E-state index in [0.717, 1.165) is 10.4 Å². The Labute approximate surface area is 243 Å². The van der Waals surface area contributed by atoms with Crippen LogP contribution in [-0.2, 0) is 35.6 Å². The van der Waals surface area contributed by atoms with E-state index in [1.807, 2.05) is 0 Å². The lowest BCUT2D eigenvalue weighted by atomic mass is 9.94. The molecule has 1 unspecified atom stereocenters. The van der Waals surface area contributed by atoms with Crippen molar-refractivity contribution in [3.8, 4) is 5.75 Å². The van der Waals surface area contributed by atoms with Crippen LogP contribution in [-0.4, -0.2) is 58.4 Å². The summed E-state index contributed by atoms with van der Waals surface area (Å²) in [4.78, 5) is 30.8. The quantitative estimate of drug-likeness (QED) is 0.187. The number of phenolic OH excluding ortho intramolecular Hbond substituents is 1. The Kier molecular flexibility index (Phi) is 9.79. The lowest BCUT2D eigenvalue weighted by Gasteiger charge is -2.32. The van der Waals surface area contributed by atoms with Gasteiger partial charge in [0.15, 0.2) is 5.78 Å². The van der Waals surface area contributed by atoms with E-state index < -0.39 is 39.0 Å². The Morgan fingerprint density at radius 1 is 1.15 bits per heavy atom. The van der Waals surface area contributed by atoms with Crippen LogP contribution in [0.5, 0.6) is 5.75 Å². The minimum Gasteiger partial charge on any atom is -0.508 e. The van der Waals surface area contributed by atoms with Crippen molar-refractivity contribution in [1.29, 1.82) is 0 Å². The summed E-state index contributed by atoms with van der Waals surface area (Å²) in [6, 6.07) is 8.71. The molecule has 0 amide bonds. The highest BCUT2D eigenvalue weighted by atomic mass is 35.5. The summed E-state index contributed by atoms with van der Waals surface area (Å²) in [5.74, 6) is -2.13. The standard InChI is InChI=1S/C27H32Cl2N2O8S/c1-26(2,3)38-24(39-30-22(25(34)35)12-17-6-8-20(32)9-7-17)16-23(33)27(4)10-5-11-31(27)40(36,37)21-14-18(28)13-19(29)15-21/h6-9,13-16,22,30,32H,5,10-12H2,1-4H3,(H,34,35)/t22?,27-/m0/s1. The molecule has 0 spiro atoms. The fourth-order valence-electron chi connectivity index (χ4n) is 4.19. The maximum Gasteiger partial charge on any atom is 0.324 e. The third kappa shape index (κ3) is 7.88. The van der Waals surface area contributed by atoms with Gasteiger partial charge >= 0.3 is 11.9 Å². The Bertz CT molecular complexity index is 1370. The molecule has 0 bridgehead atoms. The predicted molar refractivity (Wildman–Crippen MR) is 149 cm³/mol. The minimum absolute atomic E-state index is 0.00170. The third-order valence-corrected chi connectivity index (χ3v) is 8.60. The first-order chi connectivity index (χ1) is 18.5. The second-order valence-electron chi connectivity index (χ2n) is 10.6. The third-order valence-electron chi connectivity index (χ3n) is 6.16. The average Bonchev–Trinajstić information content (AvgIpc) is 3.24. The molecule has 1 aliphatic rings. The van der Waals surface area contributed by atoms with Crippen LogP contribution >= 0.6 is 23.2 Å². The molecule has 2 aromatic rings. The van der Waals surface area contributed by atoms with Gasteiger partial charge < -0.3 is 19.8 Å². The van der Waals surface area contributed by atoms with Crippen molar-refractivity contribution < 1.29 is 37.8 Å². The molecule has 0 radical (unpaired) electrons. The molecule has 3 rings (SSSR count). The Morgan fingerprint density at radius 2 is 1.75 bits per heavy atom. The summed E-state index contributed by atoms with van der Waals surface area (Å²) in [6.45, 7) is 6.71. The van der Waals surface area contributed by atoms with E-state index in [4.69, 9.17) is 32.8 Å². The molecule has 1 fully saturated rings. The highest BCUT2D eigenvalue weighted by Gasteiger charge is 2.49. The van der Waals surface area contributed by atoms with Crippen LogP contribution in [0, 0.1) is 0 Å². The van der Waals surface area contributed by atoms with Crippen LogP contribution in [0.1, 0.15) is 46.1 Å². The number of ketones is 1. The van der Waals surface area contributed by atoms with E-state index in [1.165, 1.54) is 37.3 Å². The number of carbonyl (C=O) groups is 2. The topological polar surface area (TPSA) is 142 Å². The monoisotopic (exact) mass is 614 g/mol. The second kappa shape index (κ2) is 12.4. The summed E-state index contributed by atoms with van der Waals surface area (Å²) in [5, 5.41) is 19.4. The lowest BCUT2D eigenvalue weighted by molar-refractivity contribution is -0.146. The summed E-state index contributed by atoms with van der Waals surface area (Å²) in [7, 11) is -4.16. The van der Waals surface area contributed by atoms with Gasteiger partial charge in [-0.2, -0.15) is 4.31 Å². The molecule has 1 saturated heterocycles. The fourth-order valence-corrected chi connectivity index (χ4v) is 6.74. The number of carbonyl (C=O) groups excluding carboxylic acids is 1. The van der Waals surface area contributed by atoms with Gasteiger partial charge in [-0.15, -0.1) is 5.48 Å².